The molecule has 3 heteroatoms. The molecule has 0 saturated heterocycles. The molecule has 0 aliphatic carbocycles. The molecule has 0 amide bonds. The number of rotatable bonds is 6. The quantitative estimate of drug-likeness (QED) is 0.480. The van der Waals surface area contributed by atoms with Crippen LogP contribution in [0.5, 0.6) is 0 Å². The summed E-state index contributed by atoms with van der Waals surface area (Å²) in [7, 11) is 0. The van der Waals surface area contributed by atoms with E-state index in [-0.39, 0.29) is 6.04 Å². The first-order valence-electron chi connectivity index (χ1n) is 7.06. The molecule has 2 aromatic rings. The van der Waals surface area contributed by atoms with Crippen molar-refractivity contribution in [3.63, 3.8) is 0 Å². The first-order valence-corrected chi connectivity index (χ1v) is 8.04. The molecule has 2 nitrogen and oxygen atoms in total. The van der Waals surface area contributed by atoms with E-state index >= 15 is 0 Å². The van der Waals surface area contributed by atoms with Gasteiger partial charge in [0.05, 0.1) is 6.04 Å². The van der Waals surface area contributed by atoms with Crippen LogP contribution >= 0.6 is 11.8 Å². The van der Waals surface area contributed by atoms with Gasteiger partial charge in [0.15, 0.2) is 0 Å². The highest BCUT2D eigenvalue weighted by molar-refractivity contribution is 7.99. The molecule has 3 N–H and O–H groups in total. The SMILES string of the molecule is CCSc1ccc(C(NN)c2ccc(CC)cc2)cc1. The normalized spacial score (nSPS) is 12.3. The average Bonchev–Trinajstić information content (AvgIpc) is 2.51. The van der Waals surface area contributed by atoms with E-state index in [2.05, 4.69) is 67.8 Å². The molecule has 0 heterocycles. The lowest BCUT2D eigenvalue weighted by Gasteiger charge is -2.17. The fourth-order valence-electron chi connectivity index (χ4n) is 2.25. The fraction of sp³-hybridized carbons (Fsp3) is 0.294. The third kappa shape index (κ3) is 3.63. The van der Waals surface area contributed by atoms with Crippen molar-refractivity contribution in [2.45, 2.75) is 31.2 Å². The zero-order chi connectivity index (χ0) is 14.4. The highest BCUT2D eigenvalue weighted by atomic mass is 32.2. The Bertz CT molecular complexity index is 520. The molecule has 2 aromatic carbocycles. The van der Waals surface area contributed by atoms with Gasteiger partial charge in [-0.2, -0.15) is 0 Å². The largest absolute Gasteiger partial charge is 0.271 e. The minimum Gasteiger partial charge on any atom is -0.271 e. The molecule has 0 aromatic heterocycles. The van der Waals surface area contributed by atoms with Gasteiger partial charge in [0.2, 0.25) is 0 Å². The molecule has 1 unspecified atom stereocenters. The van der Waals surface area contributed by atoms with Crippen LogP contribution in [0.1, 0.15) is 36.6 Å². The van der Waals surface area contributed by atoms with Gasteiger partial charge in [0.25, 0.3) is 0 Å². The van der Waals surface area contributed by atoms with Crippen molar-refractivity contribution >= 4 is 11.8 Å². The molecular formula is C17H22N2S. The Morgan fingerprint density at radius 1 is 0.950 bits per heavy atom. The van der Waals surface area contributed by atoms with Gasteiger partial charge in [-0.1, -0.05) is 50.2 Å². The van der Waals surface area contributed by atoms with Crippen molar-refractivity contribution in [3.05, 3.63) is 65.2 Å². The zero-order valence-electron chi connectivity index (χ0n) is 12.1. The maximum absolute atomic E-state index is 5.75. The van der Waals surface area contributed by atoms with Crippen LogP contribution in [0.15, 0.2) is 53.4 Å². The van der Waals surface area contributed by atoms with Gasteiger partial charge in [-0.15, -0.1) is 11.8 Å². The van der Waals surface area contributed by atoms with Crippen molar-refractivity contribution in [1.29, 1.82) is 0 Å². The lowest BCUT2D eigenvalue weighted by Crippen LogP contribution is -2.28. The van der Waals surface area contributed by atoms with Crippen LogP contribution in [-0.2, 0) is 6.42 Å². The lowest BCUT2D eigenvalue weighted by molar-refractivity contribution is 0.636. The average molecular weight is 286 g/mol. The highest BCUT2D eigenvalue weighted by Crippen LogP contribution is 2.25. The summed E-state index contributed by atoms with van der Waals surface area (Å²) in [5, 5.41) is 0. The Labute approximate surface area is 125 Å². The molecule has 0 bridgehead atoms. The number of aryl methyl sites for hydroxylation is 1. The molecule has 0 spiro atoms. The minimum absolute atomic E-state index is 0.0431. The summed E-state index contributed by atoms with van der Waals surface area (Å²) in [6, 6.07) is 17.3. The summed E-state index contributed by atoms with van der Waals surface area (Å²) in [4.78, 5) is 1.30. The van der Waals surface area contributed by atoms with Crippen molar-refractivity contribution in [3.8, 4) is 0 Å². The first-order chi connectivity index (χ1) is 9.78. The second-order valence-electron chi connectivity index (χ2n) is 4.70. The van der Waals surface area contributed by atoms with E-state index in [1.165, 1.54) is 21.6 Å². The summed E-state index contributed by atoms with van der Waals surface area (Å²) in [5.74, 6) is 6.84. The number of thioether (sulfide) groups is 1. The molecule has 20 heavy (non-hydrogen) atoms. The maximum Gasteiger partial charge on any atom is 0.0710 e. The Morgan fingerprint density at radius 2 is 1.50 bits per heavy atom. The van der Waals surface area contributed by atoms with Gasteiger partial charge in [-0.05, 0) is 41.0 Å². The molecule has 1 atom stereocenters. The smallest absolute Gasteiger partial charge is 0.0710 e. The fourth-order valence-corrected chi connectivity index (χ4v) is 2.92. The monoisotopic (exact) mass is 286 g/mol. The predicted molar refractivity (Wildman–Crippen MR) is 87.8 cm³/mol. The number of benzene rings is 2. The second kappa shape index (κ2) is 7.48. The number of hydrogen-bond donors (Lipinski definition) is 2. The third-order valence-electron chi connectivity index (χ3n) is 3.41. The summed E-state index contributed by atoms with van der Waals surface area (Å²) < 4.78 is 0. The van der Waals surface area contributed by atoms with Gasteiger partial charge >= 0.3 is 0 Å². The Hall–Kier alpha value is -1.29. The highest BCUT2D eigenvalue weighted by Gasteiger charge is 2.12. The molecule has 0 aliphatic rings. The van der Waals surface area contributed by atoms with Crippen molar-refractivity contribution < 1.29 is 0 Å². The first kappa shape index (κ1) is 15.1. The van der Waals surface area contributed by atoms with Crippen LogP contribution in [0.25, 0.3) is 0 Å². The van der Waals surface area contributed by atoms with E-state index < -0.39 is 0 Å². The van der Waals surface area contributed by atoms with E-state index in [1.807, 2.05) is 11.8 Å². The molecule has 2 rings (SSSR count). The number of hydrogen-bond acceptors (Lipinski definition) is 3. The van der Waals surface area contributed by atoms with E-state index in [1.54, 1.807) is 0 Å². The second-order valence-corrected chi connectivity index (χ2v) is 6.03. The summed E-state index contributed by atoms with van der Waals surface area (Å²) >= 11 is 1.85. The van der Waals surface area contributed by atoms with Crippen molar-refractivity contribution in [2.24, 2.45) is 5.84 Å². The van der Waals surface area contributed by atoms with E-state index in [9.17, 15) is 0 Å². The standard InChI is InChI=1S/C17H22N2S/c1-3-13-5-7-14(8-6-13)17(19-18)15-9-11-16(12-10-15)20-4-2/h5-12,17,19H,3-4,18H2,1-2H3. The van der Waals surface area contributed by atoms with Crippen molar-refractivity contribution in [1.82, 2.24) is 5.43 Å². The Balaban J connectivity index is 2.21. The molecular weight excluding hydrogens is 264 g/mol. The van der Waals surface area contributed by atoms with Gasteiger partial charge in [0.1, 0.15) is 0 Å². The number of nitrogens with two attached hydrogens (primary N) is 1. The van der Waals surface area contributed by atoms with E-state index in [0.717, 1.165) is 12.2 Å². The molecule has 0 radical (unpaired) electrons. The molecule has 0 saturated carbocycles. The Kier molecular flexibility index (Phi) is 5.65. The molecule has 106 valence electrons. The van der Waals surface area contributed by atoms with E-state index in [0.29, 0.717) is 0 Å². The Morgan fingerprint density at radius 3 is 1.95 bits per heavy atom. The van der Waals surface area contributed by atoms with Gasteiger partial charge in [0, 0.05) is 4.90 Å². The number of hydrazine groups is 1. The van der Waals surface area contributed by atoms with E-state index in [4.69, 9.17) is 5.84 Å². The van der Waals surface area contributed by atoms with Gasteiger partial charge < -0.3 is 0 Å². The van der Waals surface area contributed by atoms with Crippen LogP contribution in [0.2, 0.25) is 0 Å². The predicted octanol–water partition coefficient (Wildman–Crippen LogP) is 3.91. The molecule has 0 fully saturated rings. The topological polar surface area (TPSA) is 38.0 Å². The summed E-state index contributed by atoms with van der Waals surface area (Å²) in [6.45, 7) is 4.33. The van der Waals surface area contributed by atoms with Gasteiger partial charge in [-0.25, -0.2) is 5.43 Å². The summed E-state index contributed by atoms with van der Waals surface area (Å²) in [5.41, 5.74) is 6.65. The van der Waals surface area contributed by atoms with Crippen LogP contribution in [-0.4, -0.2) is 5.75 Å². The minimum atomic E-state index is 0.0431. The molecule has 0 aliphatic heterocycles. The van der Waals surface area contributed by atoms with Crippen LogP contribution < -0.4 is 11.3 Å². The third-order valence-corrected chi connectivity index (χ3v) is 4.31. The number of nitrogens with one attached hydrogen (secondary N) is 1. The lowest BCUT2D eigenvalue weighted by atomic mass is 9.98. The maximum atomic E-state index is 5.75. The van der Waals surface area contributed by atoms with Crippen LogP contribution in [0, 0.1) is 0 Å². The van der Waals surface area contributed by atoms with Crippen molar-refractivity contribution in [2.75, 3.05) is 5.75 Å². The summed E-state index contributed by atoms with van der Waals surface area (Å²) in [6.07, 6.45) is 1.06. The van der Waals surface area contributed by atoms with Crippen LogP contribution in [0.3, 0.4) is 0 Å². The van der Waals surface area contributed by atoms with Crippen LogP contribution in [0.4, 0.5) is 0 Å². The zero-order valence-corrected chi connectivity index (χ0v) is 12.9. The van der Waals surface area contributed by atoms with Gasteiger partial charge in [-0.3, -0.25) is 5.84 Å².